The summed E-state index contributed by atoms with van der Waals surface area (Å²) in [5.74, 6) is -0.610. The third-order valence-electron chi connectivity index (χ3n) is 2.07. The second kappa shape index (κ2) is 6.74. The molecule has 108 valence electrons. The molecular weight excluding hydrogens is 258 g/mol. The predicted octanol–water partition coefficient (Wildman–Crippen LogP) is 0.887. The minimum atomic E-state index is -0.464. The molecule has 7 nitrogen and oxygen atoms in total. The molecule has 1 aromatic rings. The van der Waals surface area contributed by atoms with Gasteiger partial charge in [-0.05, 0) is 27.7 Å². The van der Waals surface area contributed by atoms with Crippen molar-refractivity contribution in [2.45, 2.75) is 39.7 Å². The second-order valence-corrected chi connectivity index (χ2v) is 5.35. The van der Waals surface area contributed by atoms with Crippen LogP contribution in [0.3, 0.4) is 0 Å². The van der Waals surface area contributed by atoms with Crippen LogP contribution >= 0.6 is 0 Å². The first kappa shape index (κ1) is 15.7. The third kappa shape index (κ3) is 6.03. The van der Waals surface area contributed by atoms with Crippen molar-refractivity contribution in [1.29, 1.82) is 0 Å². The van der Waals surface area contributed by atoms with Crippen LogP contribution in [0.25, 0.3) is 0 Å². The van der Waals surface area contributed by atoms with E-state index in [-0.39, 0.29) is 23.6 Å². The Bertz CT molecular complexity index is 505. The number of hydrazone groups is 1. The Labute approximate surface area is 117 Å². The molecule has 1 aromatic heterocycles. The number of carbonyl (C=O) groups excluding carboxylic acids is 2. The lowest BCUT2D eigenvalue weighted by atomic mass is 10.1. The lowest BCUT2D eigenvalue weighted by Gasteiger charge is -2.20. The van der Waals surface area contributed by atoms with Gasteiger partial charge < -0.3 is 5.32 Å². The number of carbonyl (C=O) groups is 2. The SMILES string of the molecule is C/C(CC(=O)NC(C)(C)C)=N/NC(=O)c1cnccn1. The van der Waals surface area contributed by atoms with Crippen LogP contribution < -0.4 is 10.7 Å². The number of nitrogens with zero attached hydrogens (tertiary/aromatic N) is 3. The molecule has 20 heavy (non-hydrogen) atoms. The van der Waals surface area contributed by atoms with Crippen LogP contribution in [0.4, 0.5) is 0 Å². The minimum absolute atomic E-state index is 0.123. The van der Waals surface area contributed by atoms with E-state index < -0.39 is 5.91 Å². The Morgan fingerprint density at radius 2 is 2.00 bits per heavy atom. The topological polar surface area (TPSA) is 96.3 Å². The summed E-state index contributed by atoms with van der Waals surface area (Å²) in [5.41, 5.74) is 2.72. The van der Waals surface area contributed by atoms with Crippen molar-refractivity contribution >= 4 is 17.5 Å². The lowest BCUT2D eigenvalue weighted by molar-refractivity contribution is -0.121. The Kier molecular flexibility index (Phi) is 5.31. The van der Waals surface area contributed by atoms with Crippen LogP contribution in [0.1, 0.15) is 44.6 Å². The first-order valence-electron chi connectivity index (χ1n) is 6.18. The highest BCUT2D eigenvalue weighted by Gasteiger charge is 2.14. The van der Waals surface area contributed by atoms with Crippen molar-refractivity contribution in [3.63, 3.8) is 0 Å². The molecule has 0 aliphatic carbocycles. The molecule has 0 saturated heterocycles. The van der Waals surface area contributed by atoms with E-state index in [1.54, 1.807) is 6.92 Å². The van der Waals surface area contributed by atoms with Crippen LogP contribution in [-0.2, 0) is 4.79 Å². The summed E-state index contributed by atoms with van der Waals surface area (Å²) < 4.78 is 0. The number of rotatable bonds is 4. The molecule has 2 amide bonds. The lowest BCUT2D eigenvalue weighted by Crippen LogP contribution is -2.41. The highest BCUT2D eigenvalue weighted by atomic mass is 16.2. The van der Waals surface area contributed by atoms with E-state index in [1.165, 1.54) is 18.6 Å². The summed E-state index contributed by atoms with van der Waals surface area (Å²) in [4.78, 5) is 30.9. The Morgan fingerprint density at radius 1 is 1.30 bits per heavy atom. The smallest absolute Gasteiger partial charge is 0.291 e. The first-order valence-corrected chi connectivity index (χ1v) is 6.18. The summed E-state index contributed by atoms with van der Waals surface area (Å²) >= 11 is 0. The van der Waals surface area contributed by atoms with Crippen LogP contribution in [0, 0.1) is 0 Å². The van der Waals surface area contributed by atoms with E-state index in [2.05, 4.69) is 25.8 Å². The predicted molar refractivity (Wildman–Crippen MR) is 75.1 cm³/mol. The molecule has 0 aliphatic rings. The van der Waals surface area contributed by atoms with Crippen molar-refractivity contribution in [3.8, 4) is 0 Å². The molecule has 1 heterocycles. The van der Waals surface area contributed by atoms with E-state index >= 15 is 0 Å². The molecule has 1 rings (SSSR count). The highest BCUT2D eigenvalue weighted by molar-refractivity contribution is 6.01. The Hall–Kier alpha value is -2.31. The van der Waals surface area contributed by atoms with Gasteiger partial charge in [0.15, 0.2) is 0 Å². The van der Waals surface area contributed by atoms with Gasteiger partial charge in [0.2, 0.25) is 5.91 Å². The summed E-state index contributed by atoms with van der Waals surface area (Å²) in [5, 5.41) is 6.67. The number of aromatic nitrogens is 2. The van der Waals surface area contributed by atoms with Gasteiger partial charge in [-0.15, -0.1) is 0 Å². The molecule has 0 aliphatic heterocycles. The van der Waals surface area contributed by atoms with Crippen LogP contribution in [-0.4, -0.2) is 33.0 Å². The molecule has 0 spiro atoms. The van der Waals surface area contributed by atoms with E-state index in [0.717, 1.165) is 0 Å². The molecule has 0 unspecified atom stereocenters. The fourth-order valence-electron chi connectivity index (χ4n) is 1.35. The highest BCUT2D eigenvalue weighted by Crippen LogP contribution is 1.99. The number of amides is 2. The standard InChI is InChI=1S/C13H19N5O2/c1-9(7-11(19)16-13(2,3)4)17-18-12(20)10-8-14-5-6-15-10/h5-6,8H,7H2,1-4H3,(H,16,19)(H,18,20)/b17-9-. The number of hydrogen-bond acceptors (Lipinski definition) is 5. The molecule has 2 N–H and O–H groups in total. The molecule has 0 atom stereocenters. The maximum absolute atomic E-state index is 11.7. The molecular formula is C13H19N5O2. The summed E-state index contributed by atoms with van der Waals surface area (Å²) in [6, 6.07) is 0. The quantitative estimate of drug-likeness (QED) is 0.631. The molecule has 0 aromatic carbocycles. The van der Waals surface area contributed by atoms with Gasteiger partial charge >= 0.3 is 0 Å². The van der Waals surface area contributed by atoms with Crippen molar-refractivity contribution in [2.75, 3.05) is 0 Å². The van der Waals surface area contributed by atoms with E-state index in [9.17, 15) is 9.59 Å². The first-order chi connectivity index (χ1) is 9.28. The summed E-state index contributed by atoms with van der Waals surface area (Å²) in [6.45, 7) is 7.35. The van der Waals surface area contributed by atoms with Crippen LogP contribution in [0.5, 0.6) is 0 Å². The Morgan fingerprint density at radius 3 is 2.55 bits per heavy atom. The zero-order valence-corrected chi connectivity index (χ0v) is 12.1. The van der Waals surface area contributed by atoms with E-state index in [1.807, 2.05) is 20.8 Å². The monoisotopic (exact) mass is 277 g/mol. The van der Waals surface area contributed by atoms with Gasteiger partial charge in [-0.2, -0.15) is 5.10 Å². The van der Waals surface area contributed by atoms with Crippen molar-refractivity contribution in [2.24, 2.45) is 5.10 Å². The van der Waals surface area contributed by atoms with Gasteiger partial charge in [0, 0.05) is 23.6 Å². The largest absolute Gasteiger partial charge is 0.351 e. The van der Waals surface area contributed by atoms with Crippen LogP contribution in [0.2, 0.25) is 0 Å². The maximum Gasteiger partial charge on any atom is 0.291 e. The fourth-order valence-corrected chi connectivity index (χ4v) is 1.35. The maximum atomic E-state index is 11.7. The molecule has 7 heteroatoms. The van der Waals surface area contributed by atoms with E-state index in [0.29, 0.717) is 5.71 Å². The van der Waals surface area contributed by atoms with Gasteiger partial charge in [0.1, 0.15) is 5.69 Å². The molecule has 0 saturated carbocycles. The van der Waals surface area contributed by atoms with Crippen LogP contribution in [0.15, 0.2) is 23.7 Å². The second-order valence-electron chi connectivity index (χ2n) is 5.35. The van der Waals surface area contributed by atoms with Gasteiger partial charge in [0.05, 0.1) is 12.6 Å². The zero-order chi connectivity index (χ0) is 15.2. The van der Waals surface area contributed by atoms with Crippen molar-refractivity contribution in [1.82, 2.24) is 20.7 Å². The number of nitrogens with one attached hydrogen (secondary N) is 2. The Balaban J connectivity index is 2.50. The van der Waals surface area contributed by atoms with Crippen molar-refractivity contribution < 1.29 is 9.59 Å². The molecule has 0 fully saturated rings. The van der Waals surface area contributed by atoms with Gasteiger partial charge in [0.25, 0.3) is 5.91 Å². The van der Waals surface area contributed by atoms with Crippen molar-refractivity contribution in [3.05, 3.63) is 24.3 Å². The summed E-state index contributed by atoms with van der Waals surface area (Å²) in [6.07, 6.45) is 4.36. The van der Waals surface area contributed by atoms with Gasteiger partial charge in [-0.3, -0.25) is 14.6 Å². The number of hydrogen-bond donors (Lipinski definition) is 2. The van der Waals surface area contributed by atoms with Gasteiger partial charge in [-0.1, -0.05) is 0 Å². The average Bonchev–Trinajstić information content (AvgIpc) is 2.34. The van der Waals surface area contributed by atoms with E-state index in [4.69, 9.17) is 0 Å². The average molecular weight is 277 g/mol. The third-order valence-corrected chi connectivity index (χ3v) is 2.07. The fraction of sp³-hybridized carbons (Fsp3) is 0.462. The normalized spacial score (nSPS) is 11.9. The van der Waals surface area contributed by atoms with Gasteiger partial charge in [-0.25, -0.2) is 10.4 Å². The zero-order valence-electron chi connectivity index (χ0n) is 12.1. The summed E-state index contributed by atoms with van der Waals surface area (Å²) in [7, 11) is 0. The molecule has 0 radical (unpaired) electrons. The molecule has 0 bridgehead atoms. The minimum Gasteiger partial charge on any atom is -0.351 e.